The number of benzene rings is 1. The number of nitrogens with one attached hydrogen (secondary N) is 1. The molecule has 19 heavy (non-hydrogen) atoms. The van der Waals surface area contributed by atoms with Crippen molar-refractivity contribution in [3.63, 3.8) is 0 Å². The second-order valence-corrected chi connectivity index (χ2v) is 5.18. The van der Waals surface area contributed by atoms with Crippen LogP contribution in [0.1, 0.15) is 32.3 Å². The van der Waals surface area contributed by atoms with Crippen LogP contribution in [0.4, 0.5) is 5.69 Å². The van der Waals surface area contributed by atoms with Gasteiger partial charge in [0, 0.05) is 17.8 Å². The summed E-state index contributed by atoms with van der Waals surface area (Å²) < 4.78 is 11.3. The molecule has 1 aliphatic rings. The van der Waals surface area contributed by atoms with Crippen LogP contribution in [0.3, 0.4) is 0 Å². The molecule has 0 amide bonds. The lowest BCUT2D eigenvalue weighted by molar-refractivity contribution is 0.0637. The number of alkyl halides is 1. The molecule has 2 atom stereocenters. The fraction of sp³-hybridized carbons (Fsp3) is 0.600. The van der Waals surface area contributed by atoms with E-state index in [0.29, 0.717) is 24.7 Å². The van der Waals surface area contributed by atoms with E-state index in [1.54, 1.807) is 0 Å². The number of hydrogen-bond acceptors (Lipinski definition) is 3. The van der Waals surface area contributed by atoms with E-state index in [2.05, 4.69) is 18.3 Å². The summed E-state index contributed by atoms with van der Waals surface area (Å²) in [6.07, 6.45) is 3.00. The predicted molar refractivity (Wildman–Crippen MR) is 79.2 cm³/mol. The van der Waals surface area contributed by atoms with E-state index < -0.39 is 0 Å². The Morgan fingerprint density at radius 2 is 2.26 bits per heavy atom. The highest BCUT2D eigenvalue weighted by molar-refractivity contribution is 6.17. The molecule has 1 aromatic carbocycles. The Bertz CT molecular complexity index is 411. The van der Waals surface area contributed by atoms with Crippen LogP contribution in [-0.4, -0.2) is 25.4 Å². The van der Waals surface area contributed by atoms with Gasteiger partial charge in [0.15, 0.2) is 0 Å². The summed E-state index contributed by atoms with van der Waals surface area (Å²) in [7, 11) is 0. The lowest BCUT2D eigenvalue weighted by Crippen LogP contribution is -2.19. The van der Waals surface area contributed by atoms with Gasteiger partial charge in [-0.1, -0.05) is 0 Å². The van der Waals surface area contributed by atoms with Crippen LogP contribution in [0.5, 0.6) is 5.75 Å². The Balaban J connectivity index is 1.93. The lowest BCUT2D eigenvalue weighted by Gasteiger charge is -2.15. The third-order valence-electron chi connectivity index (χ3n) is 3.36. The van der Waals surface area contributed by atoms with E-state index in [1.165, 1.54) is 0 Å². The van der Waals surface area contributed by atoms with Crippen LogP contribution in [0.25, 0.3) is 0 Å². The van der Waals surface area contributed by atoms with Gasteiger partial charge in [-0.25, -0.2) is 0 Å². The molecule has 0 spiro atoms. The van der Waals surface area contributed by atoms with Gasteiger partial charge in [0.1, 0.15) is 5.75 Å². The summed E-state index contributed by atoms with van der Waals surface area (Å²) in [4.78, 5) is 0. The van der Waals surface area contributed by atoms with Crippen LogP contribution < -0.4 is 10.1 Å². The van der Waals surface area contributed by atoms with Crippen LogP contribution in [0.2, 0.25) is 0 Å². The molecule has 1 saturated heterocycles. The first kappa shape index (κ1) is 14.5. The molecule has 1 fully saturated rings. The normalized spacial score (nSPS) is 22.5. The Labute approximate surface area is 120 Å². The molecule has 0 saturated carbocycles. The number of hydrogen-bond donors (Lipinski definition) is 1. The lowest BCUT2D eigenvalue weighted by atomic mass is 10.1. The molecule has 1 aliphatic heterocycles. The average Bonchev–Trinajstić information content (AvgIpc) is 2.83. The van der Waals surface area contributed by atoms with Gasteiger partial charge in [-0.2, -0.15) is 0 Å². The molecular weight excluding hydrogens is 262 g/mol. The van der Waals surface area contributed by atoms with Gasteiger partial charge in [-0.3, -0.25) is 0 Å². The largest absolute Gasteiger partial charge is 0.494 e. The highest BCUT2D eigenvalue weighted by atomic mass is 35.5. The van der Waals surface area contributed by atoms with Crippen LogP contribution in [-0.2, 0) is 10.6 Å². The van der Waals surface area contributed by atoms with E-state index in [0.717, 1.165) is 36.4 Å². The zero-order valence-corrected chi connectivity index (χ0v) is 12.4. The van der Waals surface area contributed by atoms with Gasteiger partial charge < -0.3 is 14.8 Å². The Morgan fingerprint density at radius 3 is 2.89 bits per heavy atom. The minimum Gasteiger partial charge on any atom is -0.494 e. The minimum atomic E-state index is 0.320. The number of rotatable bonds is 6. The van der Waals surface area contributed by atoms with E-state index in [9.17, 15) is 0 Å². The summed E-state index contributed by atoms with van der Waals surface area (Å²) in [5.74, 6) is 1.33. The predicted octanol–water partition coefficient (Wildman–Crippen LogP) is 3.80. The Morgan fingerprint density at radius 1 is 1.42 bits per heavy atom. The third kappa shape index (κ3) is 4.02. The zero-order chi connectivity index (χ0) is 13.7. The highest BCUT2D eigenvalue weighted by Crippen LogP contribution is 2.25. The van der Waals surface area contributed by atoms with Gasteiger partial charge in [-0.05, 0) is 44.9 Å². The quantitative estimate of drug-likeness (QED) is 0.806. The molecule has 1 heterocycles. The van der Waals surface area contributed by atoms with Gasteiger partial charge in [0.2, 0.25) is 0 Å². The first-order chi connectivity index (χ1) is 9.22. The highest BCUT2D eigenvalue weighted by Gasteiger charge is 2.21. The molecule has 2 unspecified atom stereocenters. The molecule has 106 valence electrons. The van der Waals surface area contributed by atoms with Crippen molar-refractivity contribution in [2.24, 2.45) is 0 Å². The maximum atomic E-state index is 5.95. The van der Waals surface area contributed by atoms with Crippen molar-refractivity contribution >= 4 is 17.3 Å². The average molecular weight is 284 g/mol. The molecule has 2 rings (SSSR count). The topological polar surface area (TPSA) is 30.5 Å². The first-order valence-electron chi connectivity index (χ1n) is 6.94. The Kier molecular flexibility index (Phi) is 5.34. The fourth-order valence-electron chi connectivity index (χ4n) is 2.36. The summed E-state index contributed by atoms with van der Waals surface area (Å²) in [5.41, 5.74) is 2.09. The molecule has 0 radical (unpaired) electrons. The van der Waals surface area contributed by atoms with Crippen molar-refractivity contribution in [2.75, 3.05) is 18.5 Å². The van der Waals surface area contributed by atoms with Gasteiger partial charge >= 0.3 is 0 Å². The fourth-order valence-corrected chi connectivity index (χ4v) is 2.57. The third-order valence-corrected chi connectivity index (χ3v) is 3.65. The minimum absolute atomic E-state index is 0.320. The zero-order valence-electron chi connectivity index (χ0n) is 11.6. The molecule has 0 aromatic heterocycles. The summed E-state index contributed by atoms with van der Waals surface area (Å²) in [5, 5.41) is 3.41. The number of anilines is 1. The van der Waals surface area contributed by atoms with E-state index in [1.807, 2.05) is 19.1 Å². The molecule has 4 heteroatoms. The summed E-state index contributed by atoms with van der Waals surface area (Å²) in [6.45, 7) is 5.61. The van der Waals surface area contributed by atoms with Crippen molar-refractivity contribution in [2.45, 2.75) is 44.8 Å². The molecule has 1 N–H and O–H groups in total. The monoisotopic (exact) mass is 283 g/mol. The van der Waals surface area contributed by atoms with E-state index in [-0.39, 0.29) is 0 Å². The molecule has 0 bridgehead atoms. The van der Waals surface area contributed by atoms with Crippen molar-refractivity contribution in [3.05, 3.63) is 23.8 Å². The van der Waals surface area contributed by atoms with Gasteiger partial charge in [0.05, 0.1) is 24.7 Å². The van der Waals surface area contributed by atoms with Crippen molar-refractivity contribution in [1.29, 1.82) is 0 Å². The number of ether oxygens (including phenoxy) is 2. The van der Waals surface area contributed by atoms with Gasteiger partial charge in [-0.15, -0.1) is 11.6 Å². The van der Waals surface area contributed by atoms with Crippen molar-refractivity contribution in [3.8, 4) is 5.75 Å². The molecule has 3 nitrogen and oxygen atoms in total. The van der Waals surface area contributed by atoms with E-state index >= 15 is 0 Å². The molecule has 0 aliphatic carbocycles. The van der Waals surface area contributed by atoms with Crippen LogP contribution in [0.15, 0.2) is 18.2 Å². The van der Waals surface area contributed by atoms with E-state index in [4.69, 9.17) is 21.1 Å². The van der Waals surface area contributed by atoms with Crippen molar-refractivity contribution < 1.29 is 9.47 Å². The second kappa shape index (κ2) is 7.01. The van der Waals surface area contributed by atoms with Crippen molar-refractivity contribution in [1.82, 2.24) is 0 Å². The van der Waals surface area contributed by atoms with Gasteiger partial charge in [0.25, 0.3) is 0 Å². The van der Waals surface area contributed by atoms with Crippen LogP contribution >= 0.6 is 11.6 Å². The first-order valence-corrected chi connectivity index (χ1v) is 7.47. The summed E-state index contributed by atoms with van der Waals surface area (Å²) >= 11 is 5.95. The maximum absolute atomic E-state index is 5.95. The molecule has 1 aromatic rings. The Hall–Kier alpha value is -0.930. The molecular formula is C15H22ClNO2. The number of halogens is 1. The smallest absolute Gasteiger partial charge is 0.123 e. The SMILES string of the molecule is CCOc1ccc(NCC2CCC(C)O2)cc1CCl. The van der Waals surface area contributed by atoms with Crippen LogP contribution in [0, 0.1) is 0 Å². The second-order valence-electron chi connectivity index (χ2n) is 4.92. The maximum Gasteiger partial charge on any atom is 0.123 e. The summed E-state index contributed by atoms with van der Waals surface area (Å²) in [6, 6.07) is 6.05. The standard InChI is InChI=1S/C15H22ClNO2/c1-3-18-15-7-5-13(8-12(15)9-16)17-10-14-6-4-11(2)19-14/h5,7-8,11,14,17H,3-4,6,9-10H2,1-2H3.